The summed E-state index contributed by atoms with van der Waals surface area (Å²) in [6, 6.07) is 1.72. The smallest absolute Gasteiger partial charge is 0.394 e. The van der Waals surface area contributed by atoms with Gasteiger partial charge in [-0.3, -0.25) is 37.7 Å². The van der Waals surface area contributed by atoms with Crippen LogP contribution in [0.3, 0.4) is 0 Å². The third-order valence-electron chi connectivity index (χ3n) is 5.75. The fourth-order valence-electron chi connectivity index (χ4n) is 3.78. The maximum absolute atomic E-state index is 12.2. The summed E-state index contributed by atoms with van der Waals surface area (Å²) >= 11 is 0. The first-order chi connectivity index (χ1) is 22.6. The highest BCUT2D eigenvalue weighted by atomic mass is 31.3. The summed E-state index contributed by atoms with van der Waals surface area (Å²) < 4.78 is 80.0. The van der Waals surface area contributed by atoms with Gasteiger partial charge in [0, 0.05) is 24.5 Å². The fourth-order valence-corrected chi connectivity index (χ4v) is 8.70. The Kier molecular flexibility index (Phi) is 13.7. The molecule has 0 saturated carbocycles. The monoisotopic (exact) mass is 792 g/mol. The van der Waals surface area contributed by atoms with Gasteiger partial charge in [-0.1, -0.05) is 0 Å². The zero-order valence-corrected chi connectivity index (χ0v) is 27.6. The van der Waals surface area contributed by atoms with Crippen molar-refractivity contribution in [3.63, 3.8) is 0 Å². The number of hydrogen-bond donors (Lipinski definition) is 10. The van der Waals surface area contributed by atoms with Crippen LogP contribution in [0.2, 0.25) is 0 Å². The second-order valence-electron chi connectivity index (χ2n) is 9.34. The number of nitrogens with one attached hydrogen (secondary N) is 2. The van der Waals surface area contributed by atoms with Gasteiger partial charge in [-0.2, -0.15) is 12.9 Å². The first-order valence-electron chi connectivity index (χ1n) is 12.8. The van der Waals surface area contributed by atoms with E-state index in [1.54, 1.807) is 0 Å². The van der Waals surface area contributed by atoms with Crippen molar-refractivity contribution in [3.8, 4) is 0 Å². The highest BCUT2D eigenvalue weighted by Crippen LogP contribution is 2.71. The molecular formula is C18H28N4O23P4. The Morgan fingerprint density at radius 1 is 0.776 bits per heavy atom. The molecule has 0 bridgehead atoms. The van der Waals surface area contributed by atoms with E-state index < -0.39 is 117 Å². The number of rotatable bonds is 18. The average molecular weight is 792 g/mol. The van der Waals surface area contributed by atoms with Crippen molar-refractivity contribution in [2.75, 3.05) is 26.4 Å². The summed E-state index contributed by atoms with van der Waals surface area (Å²) in [5.74, 6) is 0. The minimum absolute atomic E-state index is 0.621. The molecule has 3 rings (SSSR count). The van der Waals surface area contributed by atoms with Gasteiger partial charge >= 0.3 is 42.7 Å². The van der Waals surface area contributed by atoms with E-state index in [-0.39, 0.29) is 0 Å². The van der Waals surface area contributed by atoms with Gasteiger partial charge in [-0.25, -0.2) is 27.8 Å². The molecule has 27 nitrogen and oxygen atoms in total. The molecular weight excluding hydrogens is 764 g/mol. The van der Waals surface area contributed by atoms with Crippen LogP contribution in [-0.2, 0) is 49.7 Å². The van der Waals surface area contributed by atoms with Crippen molar-refractivity contribution in [3.05, 3.63) is 66.2 Å². The van der Waals surface area contributed by atoms with Crippen molar-refractivity contribution in [2.24, 2.45) is 0 Å². The van der Waals surface area contributed by atoms with Crippen molar-refractivity contribution in [2.45, 2.75) is 36.9 Å². The lowest BCUT2D eigenvalue weighted by Gasteiger charge is -2.24. The summed E-state index contributed by atoms with van der Waals surface area (Å²) in [7, 11) is -23.9. The summed E-state index contributed by atoms with van der Waals surface area (Å²) in [4.78, 5) is 88.9. The van der Waals surface area contributed by atoms with Crippen LogP contribution in [0.5, 0.6) is 0 Å². The van der Waals surface area contributed by atoms with E-state index in [1.165, 1.54) is 0 Å². The second-order valence-corrected chi connectivity index (χ2v) is 15.6. The standard InChI is InChI=1S/C18H28N4O23P4/c23-7-9(24)15(21-3-1-11(25)19-17(21)29)39-5-6-40-46(31,32)43-48(35,36)45-49(37,38)44-47(33,34)41-8-10-13(27)14(28)16(42-10)22-4-2-12(26)20-18(22)30/h1-4,9-10,13-16,23-24,27-28H,5-8H2,(H,31,32)(H,33,34)(H,35,36)(H,37,38)(H,19,25,29)(H,20,26,30)/t9-,10-,13-,14-,15-,16-/m1/s1. The maximum atomic E-state index is 12.2. The molecule has 49 heavy (non-hydrogen) atoms. The number of hydrogen-bond acceptors (Lipinski definition) is 19. The van der Waals surface area contributed by atoms with E-state index in [0.29, 0.717) is 9.13 Å². The number of ether oxygens (including phenoxy) is 2. The summed E-state index contributed by atoms with van der Waals surface area (Å²) in [5.41, 5.74) is -3.80. The molecule has 0 spiro atoms. The molecule has 31 heteroatoms. The van der Waals surface area contributed by atoms with E-state index >= 15 is 0 Å². The van der Waals surface area contributed by atoms with E-state index in [0.717, 1.165) is 24.5 Å². The summed E-state index contributed by atoms with van der Waals surface area (Å²) in [6.45, 7) is -4.03. The van der Waals surface area contributed by atoms with E-state index in [2.05, 4.69) is 22.0 Å². The Hall–Kier alpha value is -2.32. The number of aliphatic hydroxyl groups is 4. The molecule has 4 unspecified atom stereocenters. The topological polar surface area (TPSA) is 404 Å². The highest BCUT2D eigenvalue weighted by molar-refractivity contribution is 7.69. The second kappa shape index (κ2) is 16.4. The molecule has 2 aromatic rings. The molecule has 278 valence electrons. The summed E-state index contributed by atoms with van der Waals surface area (Å²) in [6.07, 6.45) is -8.90. The normalized spacial score (nSPS) is 25.8. The van der Waals surface area contributed by atoms with Crippen LogP contribution in [0.25, 0.3) is 0 Å². The minimum atomic E-state index is -6.21. The first kappa shape index (κ1) is 41.1. The molecule has 1 fully saturated rings. The molecule has 0 amide bonds. The van der Waals surface area contributed by atoms with Crippen molar-refractivity contribution < 1.29 is 89.7 Å². The highest BCUT2D eigenvalue weighted by Gasteiger charge is 2.48. The van der Waals surface area contributed by atoms with E-state index in [4.69, 9.17) is 9.47 Å². The number of nitrogens with zero attached hydrogens (tertiary/aromatic N) is 2. The van der Waals surface area contributed by atoms with E-state index in [1.807, 2.05) is 9.97 Å². The van der Waals surface area contributed by atoms with Crippen LogP contribution in [0.4, 0.5) is 0 Å². The molecule has 0 radical (unpaired) electrons. The molecule has 10 atom stereocenters. The molecule has 1 saturated heterocycles. The third-order valence-corrected chi connectivity index (χ3v) is 11.7. The molecule has 0 aliphatic carbocycles. The number of phosphoric ester groups is 2. The summed E-state index contributed by atoms with van der Waals surface area (Å²) in [5, 5.41) is 39.4. The number of aromatic amines is 2. The Bertz CT molecular complexity index is 1890. The van der Waals surface area contributed by atoms with Gasteiger partial charge in [0.1, 0.15) is 24.4 Å². The van der Waals surface area contributed by atoms with Crippen LogP contribution >= 0.6 is 31.3 Å². The predicted octanol–water partition coefficient (Wildman–Crippen LogP) is -3.94. The molecule has 1 aliphatic heterocycles. The van der Waals surface area contributed by atoms with Gasteiger partial charge in [0.15, 0.2) is 12.5 Å². The van der Waals surface area contributed by atoms with Gasteiger partial charge in [-0.05, 0) is 0 Å². The largest absolute Gasteiger partial charge is 0.490 e. The molecule has 0 aromatic carbocycles. The number of phosphoric acid groups is 4. The van der Waals surface area contributed by atoms with Gasteiger partial charge in [0.05, 0.1) is 26.4 Å². The molecule has 2 aromatic heterocycles. The van der Waals surface area contributed by atoms with Crippen LogP contribution in [0, 0.1) is 0 Å². The first-order valence-corrected chi connectivity index (χ1v) is 18.8. The molecule has 1 aliphatic rings. The van der Waals surface area contributed by atoms with Crippen molar-refractivity contribution in [1.29, 1.82) is 0 Å². The molecule has 10 N–H and O–H groups in total. The Labute approximate surface area is 269 Å². The lowest BCUT2D eigenvalue weighted by molar-refractivity contribution is -0.106. The Morgan fingerprint density at radius 3 is 1.86 bits per heavy atom. The van der Waals surface area contributed by atoms with E-state index in [9.17, 15) is 77.4 Å². The predicted molar refractivity (Wildman–Crippen MR) is 151 cm³/mol. The van der Waals surface area contributed by atoms with Crippen LogP contribution in [0.15, 0.2) is 43.7 Å². The fraction of sp³-hybridized carbons (Fsp3) is 0.556. The van der Waals surface area contributed by atoms with Crippen LogP contribution < -0.4 is 22.5 Å². The minimum Gasteiger partial charge on any atom is -0.394 e. The Balaban J connectivity index is 1.53. The van der Waals surface area contributed by atoms with Gasteiger partial charge in [0.2, 0.25) is 0 Å². The number of aromatic nitrogens is 4. The number of aliphatic hydroxyl groups excluding tert-OH is 4. The van der Waals surface area contributed by atoms with Crippen LogP contribution in [-0.4, -0.2) is 110 Å². The Morgan fingerprint density at radius 2 is 1.31 bits per heavy atom. The van der Waals surface area contributed by atoms with Crippen molar-refractivity contribution in [1.82, 2.24) is 19.1 Å². The lowest BCUT2D eigenvalue weighted by atomic mass is 10.1. The average Bonchev–Trinajstić information content (AvgIpc) is 3.23. The quantitative estimate of drug-likeness (QED) is 0.0509. The SMILES string of the molecule is O=c1ccn([C@@H]2O[C@H](COP(=O)(O)OP(=O)(O)OP(=O)(O)OP(=O)(O)OCCO[C@H]([C@H](O)CO)n3ccc(=O)[nH]c3=O)[C@@H](O)[C@H]2O)c(=O)[nH]1. The zero-order chi connectivity index (χ0) is 36.9. The maximum Gasteiger partial charge on any atom is 0.490 e. The third kappa shape index (κ3) is 11.9. The molecule has 3 heterocycles. The van der Waals surface area contributed by atoms with Crippen molar-refractivity contribution >= 4 is 31.3 Å². The number of H-pyrrole nitrogens is 2. The van der Waals surface area contributed by atoms with Gasteiger partial charge in [-0.15, -0.1) is 0 Å². The van der Waals surface area contributed by atoms with Gasteiger partial charge < -0.3 is 49.5 Å². The zero-order valence-electron chi connectivity index (χ0n) is 24.0. The van der Waals surface area contributed by atoms with Gasteiger partial charge in [0.25, 0.3) is 11.1 Å². The lowest BCUT2D eigenvalue weighted by Crippen LogP contribution is -2.39. The van der Waals surface area contributed by atoms with Crippen LogP contribution in [0.1, 0.15) is 12.5 Å².